The molecule has 0 spiro atoms. The number of rotatable bonds is 8. The van der Waals surface area contributed by atoms with Gasteiger partial charge in [0, 0.05) is 23.4 Å². The molecule has 6 rings (SSSR count). The molecule has 0 radical (unpaired) electrons. The number of nitrogens with one attached hydrogen (secondary N) is 1. The molecule has 2 aliphatic rings. The van der Waals surface area contributed by atoms with Crippen molar-refractivity contribution in [2.24, 2.45) is 11.7 Å². The minimum Gasteiger partial charge on any atom is -0.386 e. The molecular formula is C30H23F6N5O3. The topological polar surface area (TPSA) is 123 Å². The molecule has 228 valence electrons. The molecule has 2 aromatic heterocycles. The van der Waals surface area contributed by atoms with Crippen molar-refractivity contribution in [3.8, 4) is 11.1 Å². The summed E-state index contributed by atoms with van der Waals surface area (Å²) in [6.07, 6.45) is -4.45. The second kappa shape index (κ2) is 10.8. The van der Waals surface area contributed by atoms with E-state index in [9.17, 15) is 41.0 Å². The van der Waals surface area contributed by atoms with Gasteiger partial charge in [0.2, 0.25) is 5.91 Å². The lowest BCUT2D eigenvalue weighted by Gasteiger charge is -2.22. The molecule has 2 heterocycles. The highest BCUT2D eigenvalue weighted by atomic mass is 19.4. The van der Waals surface area contributed by atoms with Crippen molar-refractivity contribution in [1.82, 2.24) is 20.1 Å². The third-order valence-electron chi connectivity index (χ3n) is 7.90. The number of hydrogen-bond acceptors (Lipinski definition) is 5. The van der Waals surface area contributed by atoms with E-state index >= 15 is 0 Å². The zero-order chi connectivity index (χ0) is 31.5. The monoisotopic (exact) mass is 615 g/mol. The van der Waals surface area contributed by atoms with E-state index in [0.717, 1.165) is 22.9 Å². The number of carbonyl (C=O) groups excluding carboxylic acids is 2. The summed E-state index contributed by atoms with van der Waals surface area (Å²) >= 11 is 0. The fourth-order valence-corrected chi connectivity index (χ4v) is 5.97. The number of halogens is 6. The second-order valence-electron chi connectivity index (χ2n) is 10.9. The number of aromatic nitrogens is 3. The Morgan fingerprint density at radius 3 is 2.50 bits per heavy atom. The molecule has 1 saturated carbocycles. The number of nitrogens with two attached hydrogens (primary N) is 1. The van der Waals surface area contributed by atoms with Crippen LogP contribution in [0.1, 0.15) is 63.1 Å². The summed E-state index contributed by atoms with van der Waals surface area (Å²) < 4.78 is 84.6. The maximum absolute atomic E-state index is 14.2. The van der Waals surface area contributed by atoms with Crippen molar-refractivity contribution in [1.29, 1.82) is 0 Å². The number of alkyl halides is 3. The molecule has 44 heavy (non-hydrogen) atoms. The van der Waals surface area contributed by atoms with Crippen LogP contribution in [0.2, 0.25) is 0 Å². The van der Waals surface area contributed by atoms with Gasteiger partial charge in [0.1, 0.15) is 24.0 Å². The lowest BCUT2D eigenvalue weighted by molar-refractivity contribution is -0.142. The predicted molar refractivity (Wildman–Crippen MR) is 142 cm³/mol. The molecule has 4 aromatic rings. The fourth-order valence-electron chi connectivity index (χ4n) is 5.97. The highest BCUT2D eigenvalue weighted by molar-refractivity contribution is 5.94. The predicted octanol–water partition coefficient (Wildman–Crippen LogP) is 4.73. The standard InChI is InChI=1S/C30H23F6N5O3/c31-15-6-13(7-16(32)10-15)8-22(25-17(2-1-5-38-25)14-3-4-21(33)20(9-14)29(37)44)39-23(42)12-41-26-24(18-11-19(18)27(26)43)28(40-41)30(34,35)36/h1-7,9-10,18-19,22,27,43H,8,11-12H2,(H2,37,44)(H,39,42)/t18-,19+,22-,27+/m0/s1. The number of hydrogen-bond donors (Lipinski definition) is 3. The van der Waals surface area contributed by atoms with Crippen LogP contribution in [0.25, 0.3) is 11.1 Å². The van der Waals surface area contributed by atoms with Gasteiger partial charge in [-0.15, -0.1) is 0 Å². The van der Waals surface area contributed by atoms with Gasteiger partial charge in [0.15, 0.2) is 5.69 Å². The average molecular weight is 616 g/mol. The number of amides is 2. The fraction of sp³-hybridized carbons (Fsp3) is 0.267. The smallest absolute Gasteiger partial charge is 0.386 e. The largest absolute Gasteiger partial charge is 0.435 e. The van der Waals surface area contributed by atoms with E-state index in [1.807, 2.05) is 0 Å². The molecule has 2 amide bonds. The number of aliphatic hydroxyl groups excluding tert-OH is 1. The van der Waals surface area contributed by atoms with E-state index in [4.69, 9.17) is 5.73 Å². The Kier molecular flexibility index (Phi) is 7.19. The van der Waals surface area contributed by atoms with E-state index in [1.54, 1.807) is 6.07 Å². The summed E-state index contributed by atoms with van der Waals surface area (Å²) in [5, 5.41) is 16.9. The molecule has 2 aromatic carbocycles. The molecule has 4 atom stereocenters. The molecule has 0 aliphatic heterocycles. The Balaban J connectivity index is 1.37. The van der Waals surface area contributed by atoms with Crippen LogP contribution in [0.15, 0.2) is 54.7 Å². The van der Waals surface area contributed by atoms with Crippen LogP contribution < -0.4 is 11.1 Å². The summed E-state index contributed by atoms with van der Waals surface area (Å²) in [6, 6.07) is 8.30. The van der Waals surface area contributed by atoms with Crippen LogP contribution in [0.3, 0.4) is 0 Å². The first-order valence-corrected chi connectivity index (χ1v) is 13.5. The Morgan fingerprint density at radius 2 is 1.82 bits per heavy atom. The molecule has 2 aliphatic carbocycles. The Hall–Kier alpha value is -4.72. The SMILES string of the molecule is NC(=O)c1cc(-c2cccnc2[C@H](Cc2cc(F)cc(F)c2)NC(=O)Cn2nc(C(F)(F)F)c3c2[C@H](O)[C@@H]2C[C@H]32)ccc1F. The third kappa shape index (κ3) is 5.41. The molecule has 0 unspecified atom stereocenters. The van der Waals surface area contributed by atoms with Crippen LogP contribution in [0, 0.1) is 23.4 Å². The normalized spacial score (nSPS) is 19.3. The Labute approximate surface area is 245 Å². The summed E-state index contributed by atoms with van der Waals surface area (Å²) in [5.41, 5.74) is 4.43. The number of fused-ring (bicyclic) bond motifs is 3. The molecule has 0 saturated heterocycles. The highest BCUT2D eigenvalue weighted by Crippen LogP contribution is 2.63. The van der Waals surface area contributed by atoms with E-state index in [0.29, 0.717) is 18.1 Å². The highest BCUT2D eigenvalue weighted by Gasteiger charge is 2.58. The van der Waals surface area contributed by atoms with Crippen LogP contribution in [0.5, 0.6) is 0 Å². The van der Waals surface area contributed by atoms with Crippen molar-refractivity contribution in [3.63, 3.8) is 0 Å². The first-order valence-electron chi connectivity index (χ1n) is 13.5. The minimum absolute atomic E-state index is 0.0682. The van der Waals surface area contributed by atoms with E-state index in [2.05, 4.69) is 15.4 Å². The van der Waals surface area contributed by atoms with Crippen LogP contribution >= 0.6 is 0 Å². The van der Waals surface area contributed by atoms with E-state index < -0.39 is 71.3 Å². The second-order valence-corrected chi connectivity index (χ2v) is 10.9. The molecule has 4 N–H and O–H groups in total. The number of pyridine rings is 1. The van der Waals surface area contributed by atoms with E-state index in [-0.39, 0.29) is 40.4 Å². The number of benzene rings is 2. The Bertz CT molecular complexity index is 1790. The number of carbonyl (C=O) groups is 2. The van der Waals surface area contributed by atoms with Crippen LogP contribution in [-0.2, 0) is 23.9 Å². The van der Waals surface area contributed by atoms with Gasteiger partial charge in [0.25, 0.3) is 5.91 Å². The molecule has 8 nitrogen and oxygen atoms in total. The summed E-state index contributed by atoms with van der Waals surface area (Å²) in [4.78, 5) is 29.5. The zero-order valence-corrected chi connectivity index (χ0v) is 22.6. The van der Waals surface area contributed by atoms with Crippen molar-refractivity contribution in [2.75, 3.05) is 0 Å². The van der Waals surface area contributed by atoms with Crippen molar-refractivity contribution < 1.29 is 41.0 Å². The van der Waals surface area contributed by atoms with Crippen LogP contribution in [0.4, 0.5) is 26.3 Å². The maximum atomic E-state index is 14.2. The first-order chi connectivity index (χ1) is 20.8. The number of primary amides is 1. The number of nitrogens with zero attached hydrogens (tertiary/aromatic N) is 3. The third-order valence-corrected chi connectivity index (χ3v) is 7.90. The lowest BCUT2D eigenvalue weighted by Crippen LogP contribution is -2.34. The van der Waals surface area contributed by atoms with E-state index in [1.165, 1.54) is 24.4 Å². The van der Waals surface area contributed by atoms with Gasteiger partial charge >= 0.3 is 6.18 Å². The Morgan fingerprint density at radius 1 is 1.09 bits per heavy atom. The van der Waals surface area contributed by atoms with Crippen molar-refractivity contribution in [2.45, 2.75) is 43.6 Å². The van der Waals surface area contributed by atoms with Gasteiger partial charge in [-0.1, -0.05) is 12.1 Å². The molecule has 1 fully saturated rings. The van der Waals surface area contributed by atoms with Crippen molar-refractivity contribution >= 4 is 11.8 Å². The molecule has 14 heteroatoms. The summed E-state index contributed by atoms with van der Waals surface area (Å²) in [7, 11) is 0. The minimum atomic E-state index is -4.80. The lowest BCUT2D eigenvalue weighted by atomic mass is 9.94. The molecule has 0 bridgehead atoms. The van der Waals surface area contributed by atoms with Gasteiger partial charge < -0.3 is 16.2 Å². The van der Waals surface area contributed by atoms with Gasteiger partial charge in [-0.25, -0.2) is 13.2 Å². The van der Waals surface area contributed by atoms with Gasteiger partial charge in [-0.05, 0) is 66.1 Å². The van der Waals surface area contributed by atoms with Gasteiger partial charge in [0.05, 0.1) is 29.1 Å². The van der Waals surface area contributed by atoms with Gasteiger partial charge in [-0.2, -0.15) is 18.3 Å². The summed E-state index contributed by atoms with van der Waals surface area (Å²) in [6.45, 7) is -0.701. The maximum Gasteiger partial charge on any atom is 0.435 e. The quantitative estimate of drug-likeness (QED) is 0.248. The number of aliphatic hydroxyl groups is 1. The first kappa shape index (κ1) is 29.4. The molecular weight excluding hydrogens is 592 g/mol. The van der Waals surface area contributed by atoms with Crippen molar-refractivity contribution in [3.05, 3.63) is 106 Å². The summed E-state index contributed by atoms with van der Waals surface area (Å²) in [5.74, 6) is -5.33. The van der Waals surface area contributed by atoms with Crippen LogP contribution in [-0.4, -0.2) is 31.7 Å². The average Bonchev–Trinajstić information content (AvgIpc) is 3.56. The zero-order valence-electron chi connectivity index (χ0n) is 22.6. The van der Waals surface area contributed by atoms with Gasteiger partial charge in [-0.3, -0.25) is 19.3 Å².